The zero-order chi connectivity index (χ0) is 15.8. The number of hydrogen-bond donors (Lipinski definition) is 1. The van der Waals surface area contributed by atoms with E-state index in [0.29, 0.717) is 11.3 Å². The van der Waals surface area contributed by atoms with Crippen molar-refractivity contribution < 1.29 is 22.7 Å². The monoisotopic (exact) mass is 303 g/mol. The van der Waals surface area contributed by atoms with Gasteiger partial charge in [0.05, 0.1) is 12.4 Å². The number of rotatable bonds is 7. The van der Waals surface area contributed by atoms with Crippen LogP contribution in [0.1, 0.15) is 6.42 Å². The van der Waals surface area contributed by atoms with E-state index in [1.165, 1.54) is 13.1 Å². The third kappa shape index (κ3) is 7.38. The van der Waals surface area contributed by atoms with Crippen LogP contribution in [-0.4, -0.2) is 57.0 Å². The van der Waals surface area contributed by atoms with Gasteiger partial charge >= 0.3 is 6.09 Å². The summed E-state index contributed by atoms with van der Waals surface area (Å²) in [6.45, 7) is 3.50. The van der Waals surface area contributed by atoms with Crippen LogP contribution in [-0.2, 0) is 19.4 Å². The molecule has 8 nitrogen and oxygen atoms in total. The lowest BCUT2D eigenvalue weighted by molar-refractivity contribution is -0.128. The fraction of sp³-hybridized carbons (Fsp3) is 0.545. The molecule has 0 aromatic carbocycles. The molecule has 0 saturated heterocycles. The molecule has 0 radical (unpaired) electrons. The Morgan fingerprint density at radius 3 is 2.60 bits per heavy atom. The van der Waals surface area contributed by atoms with Crippen molar-refractivity contribution in [2.24, 2.45) is 0 Å². The van der Waals surface area contributed by atoms with Gasteiger partial charge in [-0.3, -0.25) is 9.69 Å². The average Bonchev–Trinajstić information content (AvgIpc) is 2.34. The average molecular weight is 303 g/mol. The molecule has 0 saturated carbocycles. The number of sulfone groups is 1. The van der Waals surface area contributed by atoms with Crippen LogP contribution in [0.15, 0.2) is 12.7 Å². The van der Waals surface area contributed by atoms with Gasteiger partial charge in [0, 0.05) is 13.3 Å². The van der Waals surface area contributed by atoms with Gasteiger partial charge in [-0.05, 0) is 6.42 Å². The summed E-state index contributed by atoms with van der Waals surface area (Å²) in [5.74, 6) is -1.45. The van der Waals surface area contributed by atoms with Crippen LogP contribution in [0.2, 0.25) is 0 Å². The van der Waals surface area contributed by atoms with Crippen LogP contribution in [0.4, 0.5) is 4.79 Å². The van der Waals surface area contributed by atoms with Gasteiger partial charge in [-0.2, -0.15) is 5.26 Å². The molecule has 1 N–H and O–H groups in total. The first-order valence-corrected chi connectivity index (χ1v) is 7.66. The Kier molecular flexibility index (Phi) is 7.31. The standard InChI is InChI=1S/C11H17N3O5S/c1-4-5-6-19-11(16)13-9(7-20(3,17)18)10(15)14(2)8-12/h4,9H,1,5-7H2,2-3H3,(H,13,16). The minimum absolute atomic E-state index is 0.0587. The van der Waals surface area contributed by atoms with Gasteiger partial charge in [-0.1, -0.05) is 6.08 Å². The van der Waals surface area contributed by atoms with Crippen molar-refractivity contribution >= 4 is 21.8 Å². The van der Waals surface area contributed by atoms with Crippen molar-refractivity contribution in [2.75, 3.05) is 25.7 Å². The van der Waals surface area contributed by atoms with Gasteiger partial charge in [0.1, 0.15) is 15.9 Å². The van der Waals surface area contributed by atoms with Gasteiger partial charge in [0.2, 0.25) is 0 Å². The fourth-order valence-corrected chi connectivity index (χ4v) is 2.01. The van der Waals surface area contributed by atoms with E-state index in [1.54, 1.807) is 6.19 Å². The summed E-state index contributed by atoms with van der Waals surface area (Å²) in [6, 6.07) is -1.37. The Morgan fingerprint density at radius 2 is 2.15 bits per heavy atom. The number of nitrogens with one attached hydrogen (secondary N) is 1. The summed E-state index contributed by atoms with van der Waals surface area (Å²) in [6.07, 6.45) is 3.50. The molecule has 9 heteroatoms. The highest BCUT2D eigenvalue weighted by molar-refractivity contribution is 7.90. The molecular weight excluding hydrogens is 286 g/mol. The van der Waals surface area contributed by atoms with Crippen molar-refractivity contribution in [3.05, 3.63) is 12.7 Å². The lowest BCUT2D eigenvalue weighted by atomic mass is 10.3. The number of nitrogens with zero attached hydrogens (tertiary/aromatic N) is 2. The maximum atomic E-state index is 11.8. The Morgan fingerprint density at radius 1 is 1.55 bits per heavy atom. The number of ether oxygens (including phenoxy) is 1. The quantitative estimate of drug-likeness (QED) is 0.297. The second-order valence-electron chi connectivity index (χ2n) is 4.00. The van der Waals surface area contributed by atoms with E-state index in [1.807, 2.05) is 0 Å². The number of nitriles is 1. The van der Waals surface area contributed by atoms with Gasteiger partial charge < -0.3 is 10.1 Å². The molecule has 0 bridgehead atoms. The number of hydrogen-bond acceptors (Lipinski definition) is 6. The predicted octanol–water partition coefficient (Wildman–Crippen LogP) is -0.359. The highest BCUT2D eigenvalue weighted by Gasteiger charge is 2.28. The van der Waals surface area contributed by atoms with Crippen molar-refractivity contribution in [1.82, 2.24) is 10.2 Å². The molecule has 0 rings (SSSR count). The molecule has 0 fully saturated rings. The maximum absolute atomic E-state index is 11.8. The number of carbonyl (C=O) groups excluding carboxylic acids is 2. The topological polar surface area (TPSA) is 117 Å². The summed E-state index contributed by atoms with van der Waals surface area (Å²) in [5, 5.41) is 10.7. The van der Waals surface area contributed by atoms with E-state index in [2.05, 4.69) is 11.9 Å². The molecule has 0 heterocycles. The van der Waals surface area contributed by atoms with Crippen LogP contribution in [0.5, 0.6) is 0 Å². The summed E-state index contributed by atoms with van der Waals surface area (Å²) in [5.41, 5.74) is 0. The first-order valence-electron chi connectivity index (χ1n) is 5.60. The molecule has 0 aromatic heterocycles. The van der Waals surface area contributed by atoms with Gasteiger partial charge in [0.15, 0.2) is 6.19 Å². The minimum atomic E-state index is -3.52. The Bertz CT molecular complexity index is 509. The molecule has 0 aliphatic carbocycles. The fourth-order valence-electron chi connectivity index (χ4n) is 1.18. The predicted molar refractivity (Wildman–Crippen MR) is 71.2 cm³/mol. The van der Waals surface area contributed by atoms with Crippen molar-refractivity contribution in [2.45, 2.75) is 12.5 Å². The van der Waals surface area contributed by atoms with Gasteiger partial charge in [-0.15, -0.1) is 6.58 Å². The summed E-state index contributed by atoms with van der Waals surface area (Å²) in [4.78, 5) is 23.8. The largest absolute Gasteiger partial charge is 0.449 e. The number of carbonyl (C=O) groups is 2. The molecule has 20 heavy (non-hydrogen) atoms. The number of amides is 2. The highest BCUT2D eigenvalue weighted by Crippen LogP contribution is 1.98. The lowest BCUT2D eigenvalue weighted by Gasteiger charge is -2.18. The second-order valence-corrected chi connectivity index (χ2v) is 6.18. The SMILES string of the molecule is C=CCCOC(=O)NC(CS(C)(=O)=O)C(=O)N(C)C#N. The van der Waals surface area contributed by atoms with Crippen molar-refractivity contribution in [1.29, 1.82) is 5.26 Å². The second kappa shape index (κ2) is 8.16. The van der Waals surface area contributed by atoms with Crippen LogP contribution in [0.3, 0.4) is 0 Å². The van der Waals surface area contributed by atoms with E-state index in [0.717, 1.165) is 6.26 Å². The minimum Gasteiger partial charge on any atom is -0.449 e. The van der Waals surface area contributed by atoms with E-state index in [4.69, 9.17) is 10.00 Å². The van der Waals surface area contributed by atoms with Gasteiger partial charge in [-0.25, -0.2) is 13.2 Å². The van der Waals surface area contributed by atoms with Gasteiger partial charge in [0.25, 0.3) is 5.91 Å². The van der Waals surface area contributed by atoms with Crippen LogP contribution in [0, 0.1) is 11.5 Å². The number of likely N-dealkylation sites (N-methyl/N-ethyl adjacent to an activating group) is 1. The highest BCUT2D eigenvalue weighted by atomic mass is 32.2. The van der Waals surface area contributed by atoms with Crippen LogP contribution < -0.4 is 5.32 Å². The van der Waals surface area contributed by atoms with Crippen LogP contribution in [0.25, 0.3) is 0 Å². The normalized spacial score (nSPS) is 11.8. The zero-order valence-corrected chi connectivity index (χ0v) is 12.1. The summed E-state index contributed by atoms with van der Waals surface area (Å²) >= 11 is 0. The van der Waals surface area contributed by atoms with E-state index < -0.39 is 33.6 Å². The lowest BCUT2D eigenvalue weighted by Crippen LogP contribution is -2.49. The molecule has 1 atom stereocenters. The third-order valence-electron chi connectivity index (χ3n) is 2.10. The van der Waals surface area contributed by atoms with E-state index in [9.17, 15) is 18.0 Å². The summed E-state index contributed by atoms with van der Waals surface area (Å²) < 4.78 is 27.2. The third-order valence-corrected chi connectivity index (χ3v) is 3.03. The maximum Gasteiger partial charge on any atom is 0.407 e. The van der Waals surface area contributed by atoms with Crippen molar-refractivity contribution in [3.8, 4) is 6.19 Å². The zero-order valence-electron chi connectivity index (χ0n) is 11.3. The van der Waals surface area contributed by atoms with E-state index in [-0.39, 0.29) is 6.61 Å². The molecular formula is C11H17N3O5S. The Balaban J connectivity index is 4.78. The molecule has 0 aliphatic rings. The first kappa shape index (κ1) is 17.9. The van der Waals surface area contributed by atoms with E-state index >= 15 is 0 Å². The summed E-state index contributed by atoms with van der Waals surface area (Å²) in [7, 11) is -2.36. The Labute approximate surface area is 117 Å². The smallest absolute Gasteiger partial charge is 0.407 e. The van der Waals surface area contributed by atoms with Crippen LogP contribution >= 0.6 is 0 Å². The first-order chi connectivity index (χ1) is 9.21. The molecule has 0 aromatic rings. The van der Waals surface area contributed by atoms with Crippen molar-refractivity contribution in [3.63, 3.8) is 0 Å². The Hall–Kier alpha value is -2.08. The molecule has 0 aliphatic heterocycles. The molecule has 2 amide bonds. The molecule has 0 spiro atoms. The molecule has 1 unspecified atom stereocenters. The molecule has 112 valence electrons. The number of alkyl carbamates (subject to hydrolysis) is 1.